The molecule has 2 atom stereocenters. The molecule has 2 amide bonds. The smallest absolute Gasteiger partial charge is 0.273 e. The number of hydrogen-bond acceptors (Lipinski definition) is 5. The van der Waals surface area contributed by atoms with Gasteiger partial charge in [0.2, 0.25) is 5.91 Å². The predicted molar refractivity (Wildman–Crippen MR) is 83.3 cm³/mol. The Morgan fingerprint density at radius 2 is 2.26 bits per heavy atom. The zero-order valence-electron chi connectivity index (χ0n) is 12.6. The molecule has 0 bridgehead atoms. The fraction of sp³-hybridized carbons (Fsp3) is 0.312. The zero-order chi connectivity index (χ0) is 16.0. The third-order valence-electron chi connectivity index (χ3n) is 4.27. The van der Waals surface area contributed by atoms with Crippen molar-refractivity contribution in [2.24, 2.45) is 0 Å². The van der Waals surface area contributed by atoms with Crippen molar-refractivity contribution in [2.45, 2.75) is 25.4 Å². The van der Waals surface area contributed by atoms with E-state index in [9.17, 15) is 9.59 Å². The molecule has 7 nitrogen and oxygen atoms in total. The molecule has 0 saturated carbocycles. The topological polar surface area (TPSA) is 87.5 Å². The van der Waals surface area contributed by atoms with E-state index in [1.807, 2.05) is 29.2 Å². The van der Waals surface area contributed by atoms with Crippen molar-refractivity contribution in [1.82, 2.24) is 10.5 Å². The number of para-hydroxylation sites is 2. The van der Waals surface area contributed by atoms with E-state index in [4.69, 9.17) is 4.52 Å². The predicted octanol–water partition coefficient (Wildman–Crippen LogP) is 1.31. The second kappa shape index (κ2) is 5.12. The first-order valence-electron chi connectivity index (χ1n) is 7.52. The zero-order valence-corrected chi connectivity index (χ0v) is 12.6. The van der Waals surface area contributed by atoms with Gasteiger partial charge >= 0.3 is 0 Å². The number of aryl methyl sites for hydroxylation is 1. The Bertz CT molecular complexity index is 785. The Balaban J connectivity index is 1.52. The minimum atomic E-state index is -0.277. The molecule has 1 fully saturated rings. The van der Waals surface area contributed by atoms with Crippen molar-refractivity contribution >= 4 is 23.2 Å². The first-order chi connectivity index (χ1) is 11.1. The summed E-state index contributed by atoms with van der Waals surface area (Å²) in [7, 11) is 0. The van der Waals surface area contributed by atoms with Gasteiger partial charge in [0.05, 0.1) is 11.4 Å². The molecule has 2 N–H and O–H groups in total. The van der Waals surface area contributed by atoms with Gasteiger partial charge in [-0.2, -0.15) is 0 Å². The average molecular weight is 312 g/mol. The van der Waals surface area contributed by atoms with Crippen LogP contribution in [0.1, 0.15) is 22.7 Å². The highest BCUT2D eigenvalue weighted by Gasteiger charge is 2.41. The van der Waals surface area contributed by atoms with E-state index in [1.165, 1.54) is 0 Å². The molecule has 2 aliphatic rings. The number of nitrogens with zero attached hydrogens (tertiary/aromatic N) is 2. The average Bonchev–Trinajstić information content (AvgIpc) is 3.14. The van der Waals surface area contributed by atoms with E-state index in [1.54, 1.807) is 13.0 Å². The number of aromatic nitrogens is 1. The molecular formula is C16H16N4O3. The molecule has 23 heavy (non-hydrogen) atoms. The maximum absolute atomic E-state index is 12.3. The van der Waals surface area contributed by atoms with Gasteiger partial charge in [0, 0.05) is 18.7 Å². The van der Waals surface area contributed by atoms with Gasteiger partial charge in [0.15, 0.2) is 5.69 Å². The summed E-state index contributed by atoms with van der Waals surface area (Å²) in [6, 6.07) is 8.93. The Morgan fingerprint density at radius 3 is 3.04 bits per heavy atom. The molecule has 1 saturated heterocycles. The molecule has 7 heteroatoms. The minimum absolute atomic E-state index is 0.0299. The summed E-state index contributed by atoms with van der Waals surface area (Å²) in [6.45, 7) is 2.33. The second-order valence-corrected chi connectivity index (χ2v) is 5.90. The van der Waals surface area contributed by atoms with Crippen molar-refractivity contribution in [1.29, 1.82) is 0 Å². The van der Waals surface area contributed by atoms with Crippen LogP contribution in [-0.4, -0.2) is 35.6 Å². The third kappa shape index (κ3) is 2.34. The number of nitrogens with one attached hydrogen (secondary N) is 2. The van der Waals surface area contributed by atoms with Gasteiger partial charge < -0.3 is 20.1 Å². The summed E-state index contributed by atoms with van der Waals surface area (Å²) in [5.41, 5.74) is 2.07. The number of benzene rings is 1. The van der Waals surface area contributed by atoms with Crippen LogP contribution in [0.25, 0.3) is 0 Å². The SMILES string of the molecule is Cc1cc(C(=O)N[C@H]2C[C@@H]3C(=O)Nc4ccccc4N3C2)no1. The molecule has 0 spiro atoms. The highest BCUT2D eigenvalue weighted by Crippen LogP contribution is 2.36. The number of carbonyl (C=O) groups excluding carboxylic acids is 2. The van der Waals surface area contributed by atoms with Crippen LogP contribution in [0.5, 0.6) is 0 Å². The first kappa shape index (κ1) is 13.8. The van der Waals surface area contributed by atoms with Crippen molar-refractivity contribution in [3.63, 3.8) is 0 Å². The van der Waals surface area contributed by atoms with Crippen molar-refractivity contribution in [3.8, 4) is 0 Å². The molecule has 1 aromatic carbocycles. The Hall–Kier alpha value is -2.83. The molecule has 4 rings (SSSR count). The number of amides is 2. The summed E-state index contributed by atoms with van der Waals surface area (Å²) in [4.78, 5) is 26.5. The molecule has 3 heterocycles. The molecule has 2 aromatic rings. The van der Waals surface area contributed by atoms with Crippen LogP contribution in [-0.2, 0) is 4.79 Å². The standard InChI is InChI=1S/C16H16N4O3/c1-9-6-12(19-23-9)15(21)17-10-7-14-16(22)18-11-4-2-3-5-13(11)20(14)8-10/h2-6,10,14H,7-8H2,1H3,(H,17,21)(H,18,22)/t10-,14+/m0/s1. The minimum Gasteiger partial charge on any atom is -0.361 e. The Kier molecular flexibility index (Phi) is 3.07. The summed E-state index contributed by atoms with van der Waals surface area (Å²) >= 11 is 0. The van der Waals surface area contributed by atoms with Crippen LogP contribution in [0.2, 0.25) is 0 Å². The normalized spacial score (nSPS) is 22.3. The number of rotatable bonds is 2. The summed E-state index contributed by atoms with van der Waals surface area (Å²) in [6.07, 6.45) is 0.572. The molecule has 1 aromatic heterocycles. The maximum atomic E-state index is 12.3. The molecule has 2 aliphatic heterocycles. The van der Waals surface area contributed by atoms with Gasteiger partial charge in [-0.1, -0.05) is 17.3 Å². The van der Waals surface area contributed by atoms with Gasteiger partial charge in [-0.25, -0.2) is 0 Å². The van der Waals surface area contributed by atoms with Crippen molar-refractivity contribution < 1.29 is 14.1 Å². The fourth-order valence-corrected chi connectivity index (χ4v) is 3.23. The first-order valence-corrected chi connectivity index (χ1v) is 7.52. The lowest BCUT2D eigenvalue weighted by atomic mass is 10.1. The van der Waals surface area contributed by atoms with E-state index in [0.29, 0.717) is 18.7 Å². The van der Waals surface area contributed by atoms with Crippen LogP contribution in [0.3, 0.4) is 0 Å². The Morgan fingerprint density at radius 1 is 1.43 bits per heavy atom. The van der Waals surface area contributed by atoms with Crippen molar-refractivity contribution in [2.75, 3.05) is 16.8 Å². The highest BCUT2D eigenvalue weighted by molar-refractivity contribution is 6.04. The molecule has 0 radical (unpaired) electrons. The van der Waals surface area contributed by atoms with E-state index >= 15 is 0 Å². The maximum Gasteiger partial charge on any atom is 0.273 e. The summed E-state index contributed by atoms with van der Waals surface area (Å²) in [5.74, 6) is 0.283. The van der Waals surface area contributed by atoms with Crippen LogP contribution in [0.15, 0.2) is 34.9 Å². The van der Waals surface area contributed by atoms with Crippen LogP contribution in [0.4, 0.5) is 11.4 Å². The number of fused-ring (bicyclic) bond motifs is 3. The molecular weight excluding hydrogens is 296 g/mol. The van der Waals surface area contributed by atoms with Crippen LogP contribution in [0, 0.1) is 6.92 Å². The van der Waals surface area contributed by atoms with Crippen LogP contribution >= 0.6 is 0 Å². The van der Waals surface area contributed by atoms with E-state index < -0.39 is 0 Å². The van der Waals surface area contributed by atoms with Gasteiger partial charge in [-0.05, 0) is 25.5 Å². The van der Waals surface area contributed by atoms with Gasteiger partial charge in [-0.3, -0.25) is 9.59 Å². The van der Waals surface area contributed by atoms with E-state index in [2.05, 4.69) is 15.8 Å². The number of anilines is 2. The Labute approximate surface area is 132 Å². The van der Waals surface area contributed by atoms with E-state index in [0.717, 1.165) is 11.4 Å². The lowest BCUT2D eigenvalue weighted by Crippen LogP contribution is -2.44. The second-order valence-electron chi connectivity index (χ2n) is 5.90. The third-order valence-corrected chi connectivity index (χ3v) is 4.27. The van der Waals surface area contributed by atoms with Crippen molar-refractivity contribution in [3.05, 3.63) is 41.8 Å². The van der Waals surface area contributed by atoms with Crippen LogP contribution < -0.4 is 15.5 Å². The lowest BCUT2D eigenvalue weighted by Gasteiger charge is -2.32. The van der Waals surface area contributed by atoms with Gasteiger partial charge in [0.25, 0.3) is 5.91 Å². The molecule has 0 unspecified atom stereocenters. The molecule has 118 valence electrons. The quantitative estimate of drug-likeness (QED) is 0.873. The largest absolute Gasteiger partial charge is 0.361 e. The molecule has 0 aliphatic carbocycles. The number of carbonyl (C=O) groups is 2. The number of hydrogen-bond donors (Lipinski definition) is 2. The van der Waals surface area contributed by atoms with E-state index in [-0.39, 0.29) is 29.6 Å². The monoisotopic (exact) mass is 312 g/mol. The van der Waals surface area contributed by atoms with Gasteiger partial charge in [-0.15, -0.1) is 0 Å². The fourth-order valence-electron chi connectivity index (χ4n) is 3.23. The van der Waals surface area contributed by atoms with Gasteiger partial charge in [0.1, 0.15) is 11.8 Å². The summed E-state index contributed by atoms with van der Waals surface area (Å²) < 4.78 is 4.92. The highest BCUT2D eigenvalue weighted by atomic mass is 16.5. The summed E-state index contributed by atoms with van der Waals surface area (Å²) in [5, 5.41) is 9.57. The lowest BCUT2D eigenvalue weighted by molar-refractivity contribution is -0.117.